The molecule has 0 aliphatic heterocycles. The normalized spacial score (nSPS) is 48.2. The molecule has 220 valence electrons. The second-order valence-electron chi connectivity index (χ2n) is 16.0. The monoisotopic (exact) mass is 542 g/mol. The highest BCUT2D eigenvalue weighted by Crippen LogP contribution is 2.77. The Morgan fingerprint density at radius 3 is 2.23 bits per heavy atom. The zero-order valence-corrected chi connectivity index (χ0v) is 25.5. The Bertz CT molecular complexity index is 1020. The molecular formula is C34H54O5. The van der Waals surface area contributed by atoms with E-state index in [0.29, 0.717) is 36.2 Å². The molecule has 0 bridgehead atoms. The van der Waals surface area contributed by atoms with Crippen LogP contribution in [0.4, 0.5) is 0 Å². The summed E-state index contributed by atoms with van der Waals surface area (Å²) in [6.45, 7) is 19.5. The molecule has 5 fully saturated rings. The minimum atomic E-state index is -0.955. The van der Waals surface area contributed by atoms with Crippen LogP contribution in [0.1, 0.15) is 119 Å². The Balaban J connectivity index is 1.45. The summed E-state index contributed by atoms with van der Waals surface area (Å²) in [5.41, 5.74) is 1.97. The van der Waals surface area contributed by atoms with E-state index in [4.69, 9.17) is 9.84 Å². The summed E-state index contributed by atoms with van der Waals surface area (Å²) in [6, 6.07) is 0. The fourth-order valence-corrected chi connectivity index (χ4v) is 12.0. The second kappa shape index (κ2) is 9.60. The van der Waals surface area contributed by atoms with E-state index in [-0.39, 0.29) is 52.0 Å². The van der Waals surface area contributed by atoms with Crippen LogP contribution in [0, 0.1) is 56.7 Å². The van der Waals surface area contributed by atoms with Crippen molar-refractivity contribution in [2.45, 2.75) is 125 Å². The zero-order valence-electron chi connectivity index (χ0n) is 25.5. The third-order valence-electron chi connectivity index (χ3n) is 14.3. The fraction of sp³-hybridized carbons (Fsp3) is 0.882. The number of fused-ring (bicyclic) bond motifs is 7. The van der Waals surface area contributed by atoms with Crippen molar-refractivity contribution >= 4 is 11.9 Å². The van der Waals surface area contributed by atoms with Crippen molar-refractivity contribution in [2.75, 3.05) is 6.61 Å². The molecule has 5 nitrogen and oxygen atoms in total. The van der Waals surface area contributed by atoms with E-state index in [9.17, 15) is 14.7 Å². The summed E-state index contributed by atoms with van der Waals surface area (Å²) >= 11 is 0. The fourth-order valence-electron chi connectivity index (χ4n) is 12.0. The van der Waals surface area contributed by atoms with Gasteiger partial charge in [0.25, 0.3) is 0 Å². The number of rotatable bonds is 6. The summed E-state index contributed by atoms with van der Waals surface area (Å²) in [7, 11) is 0. The van der Waals surface area contributed by atoms with Crippen LogP contribution in [0.2, 0.25) is 0 Å². The largest absolute Gasteiger partial charge is 0.481 e. The van der Waals surface area contributed by atoms with Crippen LogP contribution in [0.25, 0.3) is 0 Å². The number of hydrogen-bond acceptors (Lipinski definition) is 4. The first-order valence-electron chi connectivity index (χ1n) is 15.8. The van der Waals surface area contributed by atoms with Crippen LogP contribution in [0.5, 0.6) is 0 Å². The Morgan fingerprint density at radius 2 is 1.56 bits per heavy atom. The number of aliphatic hydroxyl groups is 1. The molecule has 0 saturated heterocycles. The van der Waals surface area contributed by atoms with Gasteiger partial charge in [-0.15, -0.1) is 0 Å². The lowest BCUT2D eigenvalue weighted by molar-refractivity contribution is -0.250. The van der Waals surface area contributed by atoms with Crippen LogP contribution < -0.4 is 0 Å². The molecular weight excluding hydrogens is 488 g/mol. The quantitative estimate of drug-likeness (QED) is 0.270. The standard InChI is InChI=1S/C34H54O5/c1-21(2)22-12-17-34(20-39-28(38)11-10-27(36)37)19-18-32(6)23(29(22)34)8-9-25-31(5)15-14-26(35)30(3,4)24(31)13-16-33(25,32)7/h22-26,29,35H,1,8-20H2,2-7H3,(H,36,37)/t22?,23?,24?,25?,26?,29?,31-,32-,33+,34?/m0/s1. The number of carbonyl (C=O) groups excluding carboxylic acids is 1. The van der Waals surface area contributed by atoms with Gasteiger partial charge in [0.05, 0.1) is 25.6 Å². The van der Waals surface area contributed by atoms with E-state index in [1.54, 1.807) is 0 Å². The van der Waals surface area contributed by atoms with Gasteiger partial charge in [0.15, 0.2) is 0 Å². The molecule has 0 radical (unpaired) electrons. The van der Waals surface area contributed by atoms with Gasteiger partial charge in [-0.3, -0.25) is 9.59 Å². The van der Waals surface area contributed by atoms with E-state index in [0.717, 1.165) is 32.1 Å². The number of esters is 1. The smallest absolute Gasteiger partial charge is 0.306 e. The van der Waals surface area contributed by atoms with Crippen molar-refractivity contribution in [3.63, 3.8) is 0 Å². The average molecular weight is 543 g/mol. The van der Waals surface area contributed by atoms with Crippen LogP contribution in [-0.4, -0.2) is 34.9 Å². The van der Waals surface area contributed by atoms with Crippen LogP contribution >= 0.6 is 0 Å². The molecule has 5 rings (SSSR count). The van der Waals surface area contributed by atoms with Gasteiger partial charge in [0.1, 0.15) is 0 Å². The van der Waals surface area contributed by atoms with Gasteiger partial charge in [-0.25, -0.2) is 0 Å². The van der Waals surface area contributed by atoms with Gasteiger partial charge >= 0.3 is 11.9 Å². The number of allylic oxidation sites excluding steroid dienone is 1. The predicted molar refractivity (Wildman–Crippen MR) is 153 cm³/mol. The Kier molecular flexibility index (Phi) is 7.17. The first-order valence-corrected chi connectivity index (χ1v) is 15.8. The molecule has 7 unspecified atom stereocenters. The number of carbonyl (C=O) groups is 2. The van der Waals surface area contributed by atoms with Crippen molar-refractivity contribution in [3.05, 3.63) is 12.2 Å². The molecule has 0 amide bonds. The minimum Gasteiger partial charge on any atom is -0.481 e. The van der Waals surface area contributed by atoms with Gasteiger partial charge in [0.2, 0.25) is 0 Å². The molecule has 5 heteroatoms. The molecule has 0 spiro atoms. The van der Waals surface area contributed by atoms with Crippen molar-refractivity contribution in [1.29, 1.82) is 0 Å². The van der Waals surface area contributed by atoms with Crippen molar-refractivity contribution in [1.82, 2.24) is 0 Å². The second-order valence-corrected chi connectivity index (χ2v) is 16.0. The van der Waals surface area contributed by atoms with E-state index in [1.807, 2.05) is 0 Å². The maximum atomic E-state index is 12.5. The lowest BCUT2D eigenvalue weighted by atomic mass is 9.32. The molecule has 5 aliphatic rings. The number of aliphatic hydroxyl groups excluding tert-OH is 1. The van der Waals surface area contributed by atoms with E-state index in [2.05, 4.69) is 48.1 Å². The molecule has 0 heterocycles. The summed E-state index contributed by atoms with van der Waals surface area (Å²) in [5, 5.41) is 20.0. The van der Waals surface area contributed by atoms with Crippen molar-refractivity contribution in [3.8, 4) is 0 Å². The number of hydrogen-bond donors (Lipinski definition) is 2. The Labute approximate surface area is 236 Å². The predicted octanol–water partition coefficient (Wildman–Crippen LogP) is 7.41. The number of aliphatic carboxylic acids is 1. The van der Waals surface area contributed by atoms with E-state index < -0.39 is 5.97 Å². The lowest BCUT2D eigenvalue weighted by Crippen LogP contribution is -2.66. The highest BCUT2D eigenvalue weighted by molar-refractivity contribution is 5.76. The van der Waals surface area contributed by atoms with Gasteiger partial charge in [-0.1, -0.05) is 46.8 Å². The molecule has 5 aliphatic carbocycles. The molecule has 2 N–H and O–H groups in total. The summed E-state index contributed by atoms with van der Waals surface area (Å²) in [5.74, 6) is 1.41. The zero-order chi connectivity index (χ0) is 28.6. The summed E-state index contributed by atoms with van der Waals surface area (Å²) < 4.78 is 5.87. The van der Waals surface area contributed by atoms with Crippen LogP contribution in [0.3, 0.4) is 0 Å². The van der Waals surface area contributed by atoms with Gasteiger partial charge < -0.3 is 14.9 Å². The van der Waals surface area contributed by atoms with Crippen LogP contribution in [-0.2, 0) is 14.3 Å². The van der Waals surface area contributed by atoms with Gasteiger partial charge in [-0.2, -0.15) is 0 Å². The molecule has 10 atom stereocenters. The maximum absolute atomic E-state index is 12.5. The number of carboxylic acids is 1. The molecule has 5 saturated carbocycles. The van der Waals surface area contributed by atoms with Crippen molar-refractivity contribution in [2.24, 2.45) is 56.7 Å². The van der Waals surface area contributed by atoms with E-state index in [1.165, 1.54) is 37.7 Å². The van der Waals surface area contributed by atoms with Gasteiger partial charge in [-0.05, 0) is 122 Å². The summed E-state index contributed by atoms with van der Waals surface area (Å²) in [6.07, 6.45) is 11.0. The molecule has 0 aromatic heterocycles. The molecule has 0 aromatic carbocycles. The lowest BCUT2D eigenvalue weighted by Gasteiger charge is -2.73. The average Bonchev–Trinajstić information content (AvgIpc) is 3.25. The third-order valence-corrected chi connectivity index (χ3v) is 14.3. The third kappa shape index (κ3) is 4.17. The number of carboxylic acid groups (broad SMARTS) is 1. The number of ether oxygens (including phenoxy) is 1. The topological polar surface area (TPSA) is 83.8 Å². The molecule has 0 aromatic rings. The maximum Gasteiger partial charge on any atom is 0.306 e. The highest BCUT2D eigenvalue weighted by Gasteiger charge is 2.71. The van der Waals surface area contributed by atoms with Crippen LogP contribution in [0.15, 0.2) is 12.2 Å². The first-order chi connectivity index (χ1) is 18.1. The SMILES string of the molecule is C=C(C)C1CCC2(COC(=O)CCC(=O)O)CC[C@@]3(C)C(CCC4[C@@]5(C)CCC(O)C(C)(C)C5CC[C@]43C)C12. The van der Waals surface area contributed by atoms with E-state index >= 15 is 0 Å². The molecule has 39 heavy (non-hydrogen) atoms. The first kappa shape index (κ1) is 29.1. The van der Waals surface area contributed by atoms with Gasteiger partial charge in [0, 0.05) is 5.41 Å². The highest BCUT2D eigenvalue weighted by atomic mass is 16.5. The van der Waals surface area contributed by atoms with Crippen molar-refractivity contribution < 1.29 is 24.5 Å². The Hall–Kier alpha value is -1.36. The Morgan fingerprint density at radius 1 is 0.846 bits per heavy atom. The minimum absolute atomic E-state index is 0.0199. The summed E-state index contributed by atoms with van der Waals surface area (Å²) in [4.78, 5) is 23.5.